The number of nitrogens with one attached hydrogen (secondary N) is 1. The summed E-state index contributed by atoms with van der Waals surface area (Å²) in [5.74, 6) is 0.200. The molecule has 5 heteroatoms. The highest BCUT2D eigenvalue weighted by molar-refractivity contribution is 7.92. The molecule has 1 aromatic carbocycles. The van der Waals surface area contributed by atoms with Crippen LogP contribution in [0.5, 0.6) is 0 Å². The molecule has 0 aliphatic carbocycles. The summed E-state index contributed by atoms with van der Waals surface area (Å²) in [6.45, 7) is 5.96. The molecule has 0 heterocycles. The van der Waals surface area contributed by atoms with Crippen LogP contribution in [0.3, 0.4) is 0 Å². The van der Waals surface area contributed by atoms with Crippen molar-refractivity contribution < 1.29 is 8.42 Å². The van der Waals surface area contributed by atoms with Crippen LogP contribution in [0.2, 0.25) is 0 Å². The van der Waals surface area contributed by atoms with Crippen LogP contribution >= 0.6 is 0 Å². The van der Waals surface area contributed by atoms with Gasteiger partial charge in [0.2, 0.25) is 10.0 Å². The lowest BCUT2D eigenvalue weighted by molar-refractivity contribution is 0.584. The number of hydrogen-bond acceptors (Lipinski definition) is 3. The van der Waals surface area contributed by atoms with Gasteiger partial charge in [0.15, 0.2) is 0 Å². The van der Waals surface area contributed by atoms with E-state index in [1.165, 1.54) is 4.31 Å². The zero-order chi connectivity index (χ0) is 15.0. The number of rotatable bonds is 9. The highest BCUT2D eigenvalue weighted by Crippen LogP contribution is 2.18. The SMILES string of the molecule is CCCNCCCCS(=O)(=O)N(C)c1cccc(C)c1. The van der Waals surface area contributed by atoms with E-state index in [9.17, 15) is 8.42 Å². The second-order valence-electron chi connectivity index (χ2n) is 5.08. The molecule has 0 radical (unpaired) electrons. The van der Waals surface area contributed by atoms with Crippen LogP contribution < -0.4 is 9.62 Å². The Balaban J connectivity index is 2.47. The largest absolute Gasteiger partial charge is 0.317 e. The van der Waals surface area contributed by atoms with Crippen molar-refractivity contribution in [3.8, 4) is 0 Å². The van der Waals surface area contributed by atoms with Gasteiger partial charge < -0.3 is 5.32 Å². The zero-order valence-electron chi connectivity index (χ0n) is 12.7. The minimum Gasteiger partial charge on any atom is -0.317 e. The van der Waals surface area contributed by atoms with Crippen LogP contribution in [0.4, 0.5) is 5.69 Å². The van der Waals surface area contributed by atoms with E-state index in [4.69, 9.17) is 0 Å². The normalized spacial score (nSPS) is 11.6. The summed E-state index contributed by atoms with van der Waals surface area (Å²) < 4.78 is 25.9. The van der Waals surface area contributed by atoms with Gasteiger partial charge in [0.1, 0.15) is 0 Å². The van der Waals surface area contributed by atoms with Gasteiger partial charge in [-0.1, -0.05) is 19.1 Å². The monoisotopic (exact) mass is 298 g/mol. The number of sulfonamides is 1. The topological polar surface area (TPSA) is 49.4 Å². The summed E-state index contributed by atoms with van der Waals surface area (Å²) in [5.41, 5.74) is 1.79. The molecule has 4 nitrogen and oxygen atoms in total. The minimum absolute atomic E-state index is 0.200. The average molecular weight is 298 g/mol. The second-order valence-corrected chi connectivity index (χ2v) is 7.20. The van der Waals surface area contributed by atoms with Crippen LogP contribution in [-0.2, 0) is 10.0 Å². The van der Waals surface area contributed by atoms with Crippen molar-refractivity contribution in [2.24, 2.45) is 0 Å². The Labute approximate surface area is 123 Å². The first-order valence-corrected chi connectivity index (χ1v) is 8.82. The average Bonchev–Trinajstić information content (AvgIpc) is 2.42. The van der Waals surface area contributed by atoms with Gasteiger partial charge in [-0.05, 0) is 57.0 Å². The second kappa shape index (κ2) is 8.27. The first kappa shape index (κ1) is 17.0. The highest BCUT2D eigenvalue weighted by atomic mass is 32.2. The molecule has 0 unspecified atom stereocenters. The van der Waals surface area contributed by atoms with Crippen molar-refractivity contribution in [1.82, 2.24) is 5.32 Å². The summed E-state index contributed by atoms with van der Waals surface area (Å²) in [5, 5.41) is 3.28. The first-order chi connectivity index (χ1) is 9.47. The van der Waals surface area contributed by atoms with Gasteiger partial charge in [-0.15, -0.1) is 0 Å². The molecule has 1 aromatic rings. The van der Waals surface area contributed by atoms with E-state index in [1.54, 1.807) is 7.05 Å². The van der Waals surface area contributed by atoms with E-state index in [2.05, 4.69) is 12.2 Å². The lowest BCUT2D eigenvalue weighted by Gasteiger charge is -2.19. The van der Waals surface area contributed by atoms with E-state index >= 15 is 0 Å². The summed E-state index contributed by atoms with van der Waals surface area (Å²) >= 11 is 0. The fraction of sp³-hybridized carbons (Fsp3) is 0.600. The molecule has 0 aromatic heterocycles. The fourth-order valence-corrected chi connectivity index (χ4v) is 3.24. The number of hydrogen-bond donors (Lipinski definition) is 1. The van der Waals surface area contributed by atoms with Crippen LogP contribution in [-0.4, -0.2) is 34.3 Å². The van der Waals surface area contributed by atoms with Gasteiger partial charge in [0, 0.05) is 7.05 Å². The van der Waals surface area contributed by atoms with Crippen molar-refractivity contribution in [3.63, 3.8) is 0 Å². The summed E-state index contributed by atoms with van der Waals surface area (Å²) in [6, 6.07) is 7.56. The Morgan fingerprint density at radius 1 is 1.20 bits per heavy atom. The van der Waals surface area contributed by atoms with Gasteiger partial charge in [-0.2, -0.15) is 0 Å². The number of aryl methyl sites for hydroxylation is 1. The van der Waals surface area contributed by atoms with E-state index in [-0.39, 0.29) is 5.75 Å². The maximum atomic E-state index is 12.2. The molecule has 0 atom stereocenters. The van der Waals surface area contributed by atoms with E-state index in [0.29, 0.717) is 6.42 Å². The third-order valence-electron chi connectivity index (χ3n) is 3.22. The molecular formula is C15H26N2O2S. The maximum Gasteiger partial charge on any atom is 0.234 e. The molecule has 20 heavy (non-hydrogen) atoms. The van der Waals surface area contributed by atoms with E-state index in [1.807, 2.05) is 31.2 Å². The first-order valence-electron chi connectivity index (χ1n) is 7.21. The smallest absolute Gasteiger partial charge is 0.234 e. The summed E-state index contributed by atoms with van der Waals surface area (Å²) in [4.78, 5) is 0. The van der Waals surface area contributed by atoms with Crippen molar-refractivity contribution in [2.75, 3.05) is 30.2 Å². The van der Waals surface area contributed by atoms with E-state index in [0.717, 1.165) is 37.2 Å². The predicted molar refractivity (Wildman–Crippen MR) is 85.8 cm³/mol. The number of anilines is 1. The van der Waals surface area contributed by atoms with Gasteiger partial charge in [0.05, 0.1) is 11.4 Å². The van der Waals surface area contributed by atoms with Crippen molar-refractivity contribution in [3.05, 3.63) is 29.8 Å². The molecule has 1 rings (SSSR count). The van der Waals surface area contributed by atoms with Gasteiger partial charge >= 0.3 is 0 Å². The van der Waals surface area contributed by atoms with Gasteiger partial charge in [0.25, 0.3) is 0 Å². The zero-order valence-corrected chi connectivity index (χ0v) is 13.5. The molecule has 0 spiro atoms. The number of benzene rings is 1. The van der Waals surface area contributed by atoms with Gasteiger partial charge in [-0.3, -0.25) is 4.31 Å². The molecular weight excluding hydrogens is 272 g/mol. The lowest BCUT2D eigenvalue weighted by Crippen LogP contribution is -2.29. The number of nitrogens with zero attached hydrogens (tertiary/aromatic N) is 1. The van der Waals surface area contributed by atoms with Crippen molar-refractivity contribution >= 4 is 15.7 Å². The standard InChI is InChI=1S/C15H26N2O2S/c1-4-10-16-11-5-6-12-20(18,19)17(3)15-9-7-8-14(2)13-15/h7-9,13,16H,4-6,10-12H2,1-3H3. The van der Waals surface area contributed by atoms with Crippen LogP contribution in [0.1, 0.15) is 31.7 Å². The molecule has 0 aliphatic heterocycles. The summed E-state index contributed by atoms with van der Waals surface area (Å²) in [7, 11) is -1.59. The molecule has 0 saturated carbocycles. The molecule has 0 fully saturated rings. The molecule has 0 saturated heterocycles. The Hall–Kier alpha value is -1.07. The molecule has 0 aliphatic rings. The quantitative estimate of drug-likeness (QED) is 0.713. The lowest BCUT2D eigenvalue weighted by atomic mass is 10.2. The van der Waals surface area contributed by atoms with Crippen LogP contribution in [0.15, 0.2) is 24.3 Å². The Kier molecular flexibility index (Phi) is 7.02. The third kappa shape index (κ3) is 5.51. The number of unbranched alkanes of at least 4 members (excludes halogenated alkanes) is 1. The minimum atomic E-state index is -3.22. The third-order valence-corrected chi connectivity index (χ3v) is 5.07. The van der Waals surface area contributed by atoms with Crippen LogP contribution in [0.25, 0.3) is 0 Å². The Bertz CT molecular complexity index is 500. The van der Waals surface area contributed by atoms with E-state index < -0.39 is 10.0 Å². The van der Waals surface area contributed by atoms with Crippen molar-refractivity contribution in [2.45, 2.75) is 33.1 Å². The van der Waals surface area contributed by atoms with Crippen molar-refractivity contribution in [1.29, 1.82) is 0 Å². The molecule has 1 N–H and O–H groups in total. The molecule has 0 bridgehead atoms. The predicted octanol–water partition coefficient (Wildman–Crippen LogP) is 2.54. The highest BCUT2D eigenvalue weighted by Gasteiger charge is 2.17. The Morgan fingerprint density at radius 2 is 1.95 bits per heavy atom. The molecule has 0 amide bonds. The summed E-state index contributed by atoms with van der Waals surface area (Å²) in [6.07, 6.45) is 2.69. The van der Waals surface area contributed by atoms with Crippen LogP contribution in [0, 0.1) is 6.92 Å². The fourth-order valence-electron chi connectivity index (χ4n) is 1.96. The maximum absolute atomic E-state index is 12.2. The van der Waals surface area contributed by atoms with Gasteiger partial charge in [-0.25, -0.2) is 8.42 Å². The molecule has 114 valence electrons. The Morgan fingerprint density at radius 3 is 2.60 bits per heavy atom.